The maximum Gasteiger partial charge on any atom is 0.320 e. The first kappa shape index (κ1) is 15.1. The molecule has 0 aromatic rings. The Bertz CT molecular complexity index is 299. The van der Waals surface area contributed by atoms with Crippen LogP contribution in [0.15, 0.2) is 0 Å². The van der Waals surface area contributed by atoms with Gasteiger partial charge in [0.2, 0.25) is 0 Å². The number of amides is 2. The van der Waals surface area contributed by atoms with Crippen molar-refractivity contribution >= 4 is 23.8 Å². The molecule has 1 N–H and O–H groups in total. The molecule has 1 atom stereocenters. The van der Waals surface area contributed by atoms with Crippen molar-refractivity contribution in [2.45, 2.75) is 31.9 Å². The Balaban J connectivity index is 2.51. The molecule has 1 rings (SSSR count). The third kappa shape index (κ3) is 4.40. The molecule has 5 nitrogen and oxygen atoms in total. The summed E-state index contributed by atoms with van der Waals surface area (Å²) in [5, 5.41) is 9.19. The van der Waals surface area contributed by atoms with Crippen LogP contribution in [-0.2, 0) is 4.79 Å². The predicted octanol–water partition coefficient (Wildman–Crippen LogP) is 1.73. The zero-order valence-electron chi connectivity index (χ0n) is 11.1. The second kappa shape index (κ2) is 7.51. The van der Waals surface area contributed by atoms with E-state index in [0.29, 0.717) is 18.3 Å². The minimum atomic E-state index is -0.859. The van der Waals surface area contributed by atoms with Crippen LogP contribution in [-0.4, -0.2) is 64.1 Å². The molecule has 2 amide bonds. The van der Waals surface area contributed by atoms with Crippen molar-refractivity contribution in [2.24, 2.45) is 0 Å². The van der Waals surface area contributed by atoms with Crippen molar-refractivity contribution in [3.05, 3.63) is 0 Å². The lowest BCUT2D eigenvalue weighted by Gasteiger charge is -2.35. The third-order valence-electron chi connectivity index (χ3n) is 3.11. The molecular formula is C12H22N2O3S. The van der Waals surface area contributed by atoms with Gasteiger partial charge in [0.1, 0.15) is 0 Å². The van der Waals surface area contributed by atoms with Crippen LogP contribution in [0, 0.1) is 0 Å². The molecule has 0 aliphatic carbocycles. The van der Waals surface area contributed by atoms with Gasteiger partial charge in [0.25, 0.3) is 0 Å². The molecule has 0 aromatic carbocycles. The Morgan fingerprint density at radius 3 is 2.72 bits per heavy atom. The summed E-state index contributed by atoms with van der Waals surface area (Å²) in [6.07, 6.45) is 1.08. The molecule has 1 fully saturated rings. The minimum Gasteiger partial charge on any atom is -0.481 e. The van der Waals surface area contributed by atoms with Crippen LogP contribution in [0.3, 0.4) is 0 Å². The van der Waals surface area contributed by atoms with Crippen molar-refractivity contribution in [1.82, 2.24) is 9.80 Å². The lowest BCUT2D eigenvalue weighted by atomic mass is 10.3. The van der Waals surface area contributed by atoms with Gasteiger partial charge < -0.3 is 14.9 Å². The monoisotopic (exact) mass is 274 g/mol. The number of aliphatic carboxylic acids is 1. The second-order valence-electron chi connectivity index (χ2n) is 4.35. The van der Waals surface area contributed by atoms with Gasteiger partial charge in [-0.25, -0.2) is 4.79 Å². The summed E-state index contributed by atoms with van der Waals surface area (Å²) >= 11 is 1.92. The van der Waals surface area contributed by atoms with Crippen LogP contribution in [0.2, 0.25) is 0 Å². The van der Waals surface area contributed by atoms with E-state index in [2.05, 4.69) is 6.92 Å². The van der Waals surface area contributed by atoms with Gasteiger partial charge in [0.15, 0.2) is 0 Å². The summed E-state index contributed by atoms with van der Waals surface area (Å²) in [4.78, 5) is 26.3. The molecule has 0 bridgehead atoms. The summed E-state index contributed by atoms with van der Waals surface area (Å²) in [6.45, 7) is 6.42. The normalized spacial score (nSPS) is 19.7. The van der Waals surface area contributed by atoms with Gasteiger partial charge in [-0.2, -0.15) is 11.8 Å². The maximum absolute atomic E-state index is 12.3. The van der Waals surface area contributed by atoms with Crippen molar-refractivity contribution in [1.29, 1.82) is 0 Å². The minimum absolute atomic E-state index is 0.0133. The molecule has 6 heteroatoms. The highest BCUT2D eigenvalue weighted by atomic mass is 32.2. The number of rotatable bonds is 5. The number of urea groups is 1. The fourth-order valence-electron chi connectivity index (χ4n) is 1.96. The number of carbonyl (C=O) groups excluding carboxylic acids is 1. The van der Waals surface area contributed by atoms with Crippen LogP contribution in [0.25, 0.3) is 0 Å². The summed E-state index contributed by atoms with van der Waals surface area (Å²) in [5.74, 6) is 0.114. The van der Waals surface area contributed by atoms with E-state index in [9.17, 15) is 9.59 Å². The molecule has 18 heavy (non-hydrogen) atoms. The Kier molecular flexibility index (Phi) is 6.32. The highest BCUT2D eigenvalue weighted by molar-refractivity contribution is 8.00. The maximum atomic E-state index is 12.3. The van der Waals surface area contributed by atoms with E-state index >= 15 is 0 Å². The summed E-state index contributed by atoms with van der Waals surface area (Å²) in [5.41, 5.74) is 0. The van der Waals surface area contributed by atoms with Crippen molar-refractivity contribution in [3.8, 4) is 0 Å². The lowest BCUT2D eigenvalue weighted by Crippen LogP contribution is -2.49. The Hall–Kier alpha value is -0.910. The van der Waals surface area contributed by atoms with Gasteiger partial charge in [-0.1, -0.05) is 6.92 Å². The fraction of sp³-hybridized carbons (Fsp3) is 0.833. The molecule has 104 valence electrons. The average molecular weight is 274 g/mol. The molecule has 1 aliphatic heterocycles. The number of hydrogen-bond acceptors (Lipinski definition) is 3. The Morgan fingerprint density at radius 1 is 1.44 bits per heavy atom. The zero-order chi connectivity index (χ0) is 13.5. The van der Waals surface area contributed by atoms with Crippen LogP contribution < -0.4 is 0 Å². The standard InChI is InChI=1S/C12H22N2O3S/c1-3-10-9-14(7-8-18-10)12(17)13(4-2)6-5-11(15)16/h10H,3-9H2,1-2H3,(H,15,16). The average Bonchev–Trinajstić information content (AvgIpc) is 2.39. The van der Waals surface area contributed by atoms with Crippen LogP contribution in [0.5, 0.6) is 0 Å². The molecule has 0 aromatic heterocycles. The number of thioether (sulfide) groups is 1. The van der Waals surface area contributed by atoms with Crippen LogP contribution >= 0.6 is 11.8 Å². The van der Waals surface area contributed by atoms with Crippen LogP contribution in [0.4, 0.5) is 4.79 Å². The van der Waals surface area contributed by atoms with Crippen molar-refractivity contribution in [2.75, 3.05) is 31.9 Å². The summed E-state index contributed by atoms with van der Waals surface area (Å²) in [6, 6.07) is -0.0162. The number of hydrogen-bond donors (Lipinski definition) is 1. The van der Waals surface area contributed by atoms with E-state index in [1.807, 2.05) is 23.6 Å². The number of carbonyl (C=O) groups is 2. The Labute approximate surface area is 113 Å². The largest absolute Gasteiger partial charge is 0.481 e. The van der Waals surface area contributed by atoms with Gasteiger partial charge in [0, 0.05) is 37.2 Å². The van der Waals surface area contributed by atoms with E-state index in [0.717, 1.165) is 25.3 Å². The molecule has 1 saturated heterocycles. The fourth-order valence-corrected chi connectivity index (χ4v) is 3.14. The lowest BCUT2D eigenvalue weighted by molar-refractivity contribution is -0.137. The number of carboxylic acid groups (broad SMARTS) is 1. The van der Waals surface area contributed by atoms with Crippen molar-refractivity contribution in [3.63, 3.8) is 0 Å². The van der Waals surface area contributed by atoms with Gasteiger partial charge in [-0.15, -0.1) is 0 Å². The first-order chi connectivity index (χ1) is 8.58. The van der Waals surface area contributed by atoms with Crippen LogP contribution in [0.1, 0.15) is 26.7 Å². The van der Waals surface area contributed by atoms with Crippen molar-refractivity contribution < 1.29 is 14.7 Å². The molecule has 0 radical (unpaired) electrons. The van der Waals surface area contributed by atoms with E-state index in [1.54, 1.807) is 4.90 Å². The SMILES string of the molecule is CCC1CN(C(=O)N(CC)CCC(=O)O)CCS1. The van der Waals surface area contributed by atoms with Gasteiger partial charge in [0.05, 0.1) is 6.42 Å². The highest BCUT2D eigenvalue weighted by Gasteiger charge is 2.26. The molecule has 0 spiro atoms. The molecule has 1 unspecified atom stereocenters. The van der Waals surface area contributed by atoms with Gasteiger partial charge in [-0.3, -0.25) is 4.79 Å². The highest BCUT2D eigenvalue weighted by Crippen LogP contribution is 2.21. The van der Waals surface area contributed by atoms with E-state index in [1.165, 1.54) is 0 Å². The summed E-state index contributed by atoms with van der Waals surface area (Å²) in [7, 11) is 0. The molecule has 0 saturated carbocycles. The topological polar surface area (TPSA) is 60.9 Å². The van der Waals surface area contributed by atoms with Gasteiger partial charge in [-0.05, 0) is 13.3 Å². The number of carboxylic acids is 1. The van der Waals surface area contributed by atoms with Gasteiger partial charge >= 0.3 is 12.0 Å². The smallest absolute Gasteiger partial charge is 0.320 e. The number of nitrogens with zero attached hydrogens (tertiary/aromatic N) is 2. The second-order valence-corrected chi connectivity index (χ2v) is 5.76. The predicted molar refractivity (Wildman–Crippen MR) is 73.0 cm³/mol. The quantitative estimate of drug-likeness (QED) is 0.829. The molecule has 1 aliphatic rings. The first-order valence-electron chi connectivity index (χ1n) is 6.45. The third-order valence-corrected chi connectivity index (χ3v) is 4.48. The van der Waals surface area contributed by atoms with E-state index < -0.39 is 5.97 Å². The van der Waals surface area contributed by atoms with E-state index in [-0.39, 0.29) is 12.5 Å². The molecule has 1 heterocycles. The molecular weight excluding hydrogens is 252 g/mol. The zero-order valence-corrected chi connectivity index (χ0v) is 11.9. The first-order valence-corrected chi connectivity index (χ1v) is 7.50. The Morgan fingerprint density at radius 2 is 2.17 bits per heavy atom. The van der Waals surface area contributed by atoms with E-state index in [4.69, 9.17) is 5.11 Å². The summed E-state index contributed by atoms with van der Waals surface area (Å²) < 4.78 is 0.